The Bertz CT molecular complexity index is 362. The van der Waals surface area contributed by atoms with Crippen LogP contribution in [-0.4, -0.2) is 33.7 Å². The standard InChI is InChI=1S/C11H17N3O3/c1-2-8(5-11(16)17)7-12-10(15)6-9-3-4-13-14-9/h3-4,8H,2,5-7H2,1H3,(H,12,15)(H,13,14)(H,16,17). The molecule has 3 N–H and O–H groups in total. The van der Waals surface area contributed by atoms with Crippen LogP contribution >= 0.6 is 0 Å². The van der Waals surface area contributed by atoms with Gasteiger partial charge in [0, 0.05) is 24.9 Å². The third-order valence-electron chi connectivity index (χ3n) is 2.54. The van der Waals surface area contributed by atoms with Gasteiger partial charge < -0.3 is 10.4 Å². The lowest BCUT2D eigenvalue weighted by Gasteiger charge is -2.13. The zero-order valence-corrected chi connectivity index (χ0v) is 9.77. The summed E-state index contributed by atoms with van der Waals surface area (Å²) in [5.41, 5.74) is 0.744. The van der Waals surface area contributed by atoms with Crippen molar-refractivity contribution in [1.82, 2.24) is 15.5 Å². The Balaban J connectivity index is 2.29. The molecular weight excluding hydrogens is 222 g/mol. The van der Waals surface area contributed by atoms with Gasteiger partial charge >= 0.3 is 5.97 Å². The highest BCUT2D eigenvalue weighted by molar-refractivity contribution is 5.78. The highest BCUT2D eigenvalue weighted by Crippen LogP contribution is 2.06. The van der Waals surface area contributed by atoms with Gasteiger partial charge in [0.2, 0.25) is 5.91 Å². The number of aromatic amines is 1. The largest absolute Gasteiger partial charge is 0.481 e. The lowest BCUT2D eigenvalue weighted by atomic mass is 10.0. The van der Waals surface area contributed by atoms with Crippen LogP contribution in [0.3, 0.4) is 0 Å². The molecule has 6 nitrogen and oxygen atoms in total. The molecule has 1 amide bonds. The third-order valence-corrected chi connectivity index (χ3v) is 2.54. The zero-order chi connectivity index (χ0) is 12.7. The lowest BCUT2D eigenvalue weighted by molar-refractivity contribution is -0.138. The summed E-state index contributed by atoms with van der Waals surface area (Å²) >= 11 is 0. The van der Waals surface area contributed by atoms with Gasteiger partial charge in [-0.05, 0) is 12.0 Å². The Morgan fingerprint density at radius 3 is 2.88 bits per heavy atom. The van der Waals surface area contributed by atoms with Crippen LogP contribution in [0.15, 0.2) is 12.3 Å². The monoisotopic (exact) mass is 239 g/mol. The molecule has 17 heavy (non-hydrogen) atoms. The van der Waals surface area contributed by atoms with Crippen LogP contribution < -0.4 is 5.32 Å². The summed E-state index contributed by atoms with van der Waals surface area (Å²) in [6.45, 7) is 2.31. The van der Waals surface area contributed by atoms with E-state index in [9.17, 15) is 9.59 Å². The van der Waals surface area contributed by atoms with Crippen molar-refractivity contribution < 1.29 is 14.7 Å². The van der Waals surface area contributed by atoms with Gasteiger partial charge in [0.05, 0.1) is 6.42 Å². The maximum atomic E-state index is 11.5. The fraction of sp³-hybridized carbons (Fsp3) is 0.545. The predicted molar refractivity (Wildman–Crippen MR) is 61.3 cm³/mol. The number of hydrogen-bond donors (Lipinski definition) is 3. The fourth-order valence-electron chi connectivity index (χ4n) is 1.48. The van der Waals surface area contributed by atoms with Crippen LogP contribution in [0, 0.1) is 5.92 Å². The molecule has 0 aliphatic heterocycles. The van der Waals surface area contributed by atoms with Crippen molar-refractivity contribution in [3.63, 3.8) is 0 Å². The molecule has 94 valence electrons. The molecule has 1 rings (SSSR count). The second-order valence-corrected chi connectivity index (χ2v) is 3.93. The SMILES string of the molecule is CCC(CNC(=O)Cc1ccn[nH]1)CC(=O)O. The minimum absolute atomic E-state index is 0.0155. The van der Waals surface area contributed by atoms with Crippen LogP contribution in [0.1, 0.15) is 25.5 Å². The number of H-pyrrole nitrogens is 1. The van der Waals surface area contributed by atoms with E-state index in [-0.39, 0.29) is 24.7 Å². The number of carbonyl (C=O) groups excluding carboxylic acids is 1. The number of amides is 1. The average molecular weight is 239 g/mol. The molecule has 1 aromatic heterocycles. The van der Waals surface area contributed by atoms with E-state index in [0.29, 0.717) is 6.54 Å². The van der Waals surface area contributed by atoms with Gasteiger partial charge in [0.1, 0.15) is 0 Å². The summed E-state index contributed by atoms with van der Waals surface area (Å²) < 4.78 is 0. The van der Waals surface area contributed by atoms with E-state index in [2.05, 4.69) is 15.5 Å². The van der Waals surface area contributed by atoms with Gasteiger partial charge in [-0.1, -0.05) is 13.3 Å². The van der Waals surface area contributed by atoms with Crippen molar-refractivity contribution in [3.8, 4) is 0 Å². The number of aromatic nitrogens is 2. The van der Waals surface area contributed by atoms with Gasteiger partial charge in [0.25, 0.3) is 0 Å². The Morgan fingerprint density at radius 1 is 1.59 bits per heavy atom. The van der Waals surface area contributed by atoms with E-state index in [1.165, 1.54) is 0 Å². The molecule has 0 radical (unpaired) electrons. The Labute approximate surface area is 99.4 Å². The molecule has 0 fully saturated rings. The number of carboxylic acids is 1. The van der Waals surface area contributed by atoms with Crippen molar-refractivity contribution in [2.45, 2.75) is 26.2 Å². The highest BCUT2D eigenvalue weighted by atomic mass is 16.4. The number of carboxylic acid groups (broad SMARTS) is 1. The molecule has 1 atom stereocenters. The average Bonchev–Trinajstić information content (AvgIpc) is 2.76. The number of rotatable bonds is 7. The van der Waals surface area contributed by atoms with Gasteiger partial charge in [-0.3, -0.25) is 14.7 Å². The van der Waals surface area contributed by atoms with Crippen molar-refractivity contribution in [3.05, 3.63) is 18.0 Å². The van der Waals surface area contributed by atoms with Gasteiger partial charge in [-0.2, -0.15) is 5.10 Å². The fourth-order valence-corrected chi connectivity index (χ4v) is 1.48. The molecule has 1 heterocycles. The Morgan fingerprint density at radius 2 is 2.35 bits per heavy atom. The molecule has 0 spiro atoms. The first kappa shape index (κ1) is 13.2. The molecule has 1 unspecified atom stereocenters. The molecular formula is C11H17N3O3. The first-order valence-corrected chi connectivity index (χ1v) is 5.58. The normalized spacial score (nSPS) is 12.1. The number of nitrogens with zero attached hydrogens (tertiary/aromatic N) is 1. The minimum Gasteiger partial charge on any atom is -0.481 e. The molecule has 0 aliphatic carbocycles. The summed E-state index contributed by atoms with van der Waals surface area (Å²) in [6.07, 6.45) is 2.64. The van der Waals surface area contributed by atoms with E-state index >= 15 is 0 Å². The second kappa shape index (κ2) is 6.67. The number of nitrogens with one attached hydrogen (secondary N) is 2. The van der Waals surface area contributed by atoms with Crippen molar-refractivity contribution in [1.29, 1.82) is 0 Å². The molecule has 1 aromatic rings. The zero-order valence-electron chi connectivity index (χ0n) is 9.77. The van der Waals surface area contributed by atoms with Gasteiger partial charge in [-0.15, -0.1) is 0 Å². The van der Waals surface area contributed by atoms with Crippen LogP contribution in [0.25, 0.3) is 0 Å². The molecule has 0 aromatic carbocycles. The second-order valence-electron chi connectivity index (χ2n) is 3.93. The first-order valence-electron chi connectivity index (χ1n) is 5.58. The van der Waals surface area contributed by atoms with Crippen molar-refractivity contribution in [2.75, 3.05) is 6.54 Å². The third kappa shape index (κ3) is 5.14. The highest BCUT2D eigenvalue weighted by Gasteiger charge is 2.12. The van der Waals surface area contributed by atoms with Crippen molar-refractivity contribution >= 4 is 11.9 Å². The lowest BCUT2D eigenvalue weighted by Crippen LogP contribution is -2.31. The topological polar surface area (TPSA) is 95.1 Å². The van der Waals surface area contributed by atoms with Crippen LogP contribution in [0.5, 0.6) is 0 Å². The number of aliphatic carboxylic acids is 1. The maximum Gasteiger partial charge on any atom is 0.303 e. The Hall–Kier alpha value is -1.85. The first-order chi connectivity index (χ1) is 8.11. The van der Waals surface area contributed by atoms with E-state index < -0.39 is 5.97 Å². The summed E-state index contributed by atoms with van der Waals surface area (Å²) in [4.78, 5) is 22.1. The summed E-state index contributed by atoms with van der Waals surface area (Å²) in [5.74, 6) is -0.976. The molecule has 0 bridgehead atoms. The van der Waals surface area contributed by atoms with Crippen LogP contribution in [0.4, 0.5) is 0 Å². The van der Waals surface area contributed by atoms with E-state index in [1.807, 2.05) is 6.92 Å². The van der Waals surface area contributed by atoms with E-state index in [1.54, 1.807) is 12.3 Å². The van der Waals surface area contributed by atoms with E-state index in [4.69, 9.17) is 5.11 Å². The summed E-state index contributed by atoms with van der Waals surface area (Å²) in [5, 5.41) is 17.8. The summed E-state index contributed by atoms with van der Waals surface area (Å²) in [7, 11) is 0. The Kier molecular flexibility index (Phi) is 5.19. The summed E-state index contributed by atoms with van der Waals surface area (Å²) in [6, 6.07) is 1.73. The minimum atomic E-state index is -0.834. The van der Waals surface area contributed by atoms with Crippen LogP contribution in [0.2, 0.25) is 0 Å². The van der Waals surface area contributed by atoms with Crippen molar-refractivity contribution in [2.24, 2.45) is 5.92 Å². The van der Waals surface area contributed by atoms with E-state index in [0.717, 1.165) is 12.1 Å². The molecule has 6 heteroatoms. The predicted octanol–water partition coefficient (Wildman–Crippen LogP) is 0.569. The number of hydrogen-bond acceptors (Lipinski definition) is 3. The van der Waals surface area contributed by atoms with Gasteiger partial charge in [0.15, 0.2) is 0 Å². The maximum absolute atomic E-state index is 11.5. The smallest absolute Gasteiger partial charge is 0.303 e. The number of carbonyl (C=O) groups is 2. The molecule has 0 saturated carbocycles. The molecule has 0 aliphatic rings. The van der Waals surface area contributed by atoms with Gasteiger partial charge in [-0.25, -0.2) is 0 Å². The van der Waals surface area contributed by atoms with Crippen LogP contribution in [-0.2, 0) is 16.0 Å². The quantitative estimate of drug-likeness (QED) is 0.648. The molecule has 0 saturated heterocycles.